The Morgan fingerprint density at radius 2 is 1.39 bits per heavy atom. The average molecular weight is 425 g/mol. The van der Waals surface area contributed by atoms with Crippen LogP contribution in [0.5, 0.6) is 5.75 Å². The molecule has 3 heteroatoms. The molecule has 3 nitrogen and oxygen atoms in total. The number of esters is 1. The molecule has 2 rings (SSSR count). The molecule has 0 N–H and O–H groups in total. The smallest absolute Gasteiger partial charge is 0.343 e. The molecule has 0 fully saturated rings. The molecular weight excluding hydrogens is 384 g/mol. The number of unbranched alkanes of at least 4 members (excludes halogenated alkanes) is 7. The van der Waals surface area contributed by atoms with Gasteiger partial charge in [0.2, 0.25) is 0 Å². The van der Waals surface area contributed by atoms with E-state index in [1.807, 2.05) is 48.5 Å². The summed E-state index contributed by atoms with van der Waals surface area (Å²) in [5.41, 5.74) is 2.92. The lowest BCUT2D eigenvalue weighted by molar-refractivity contribution is 0.0627. The predicted molar refractivity (Wildman–Crippen MR) is 129 cm³/mol. The van der Waals surface area contributed by atoms with Crippen LogP contribution in [-0.4, -0.2) is 12.6 Å². The highest BCUT2D eigenvalue weighted by Crippen LogP contribution is 2.22. The van der Waals surface area contributed by atoms with E-state index in [1.54, 1.807) is 0 Å². The van der Waals surface area contributed by atoms with Crippen LogP contribution in [0, 0.1) is 0 Å². The first kappa shape index (κ1) is 25.1. The molecular formula is C28H40O3. The Kier molecular flexibility index (Phi) is 12.0. The molecule has 0 bridgehead atoms. The van der Waals surface area contributed by atoms with Gasteiger partial charge in [-0.2, -0.15) is 0 Å². The van der Waals surface area contributed by atoms with Crippen LogP contribution in [0.2, 0.25) is 0 Å². The van der Waals surface area contributed by atoms with Crippen molar-refractivity contribution < 1.29 is 14.3 Å². The molecule has 31 heavy (non-hydrogen) atoms. The summed E-state index contributed by atoms with van der Waals surface area (Å²) in [7, 11) is 0. The quantitative estimate of drug-likeness (QED) is 0.165. The molecule has 2 aromatic carbocycles. The number of aryl methyl sites for hydroxylation is 1. The number of benzene rings is 2. The number of ether oxygens (including phenoxy) is 2. The zero-order valence-electron chi connectivity index (χ0n) is 19.7. The number of carbonyl (C=O) groups excluding carboxylic acids is 1. The van der Waals surface area contributed by atoms with Gasteiger partial charge >= 0.3 is 5.97 Å². The summed E-state index contributed by atoms with van der Waals surface area (Å²) in [5.74, 6) is 0.233. The van der Waals surface area contributed by atoms with Crippen LogP contribution in [-0.2, 0) is 11.2 Å². The molecule has 170 valence electrons. The zero-order valence-corrected chi connectivity index (χ0v) is 19.7. The third kappa shape index (κ3) is 9.69. The summed E-state index contributed by atoms with van der Waals surface area (Å²) in [6, 6.07) is 15.3. The molecule has 0 aromatic heterocycles. The summed E-state index contributed by atoms with van der Waals surface area (Å²) < 4.78 is 11.5. The van der Waals surface area contributed by atoms with Crippen LogP contribution in [0.1, 0.15) is 106 Å². The third-order valence-corrected chi connectivity index (χ3v) is 5.65. The highest BCUT2D eigenvalue weighted by Gasteiger charge is 2.10. The first-order valence-corrected chi connectivity index (χ1v) is 12.2. The molecule has 0 spiro atoms. The maximum absolute atomic E-state index is 12.4. The van der Waals surface area contributed by atoms with Crippen molar-refractivity contribution in [1.82, 2.24) is 0 Å². The van der Waals surface area contributed by atoms with Crippen LogP contribution in [0.15, 0.2) is 48.5 Å². The molecule has 1 unspecified atom stereocenters. The van der Waals surface area contributed by atoms with Gasteiger partial charge in [-0.3, -0.25) is 0 Å². The monoisotopic (exact) mass is 424 g/mol. The minimum atomic E-state index is -0.324. The van der Waals surface area contributed by atoms with E-state index in [-0.39, 0.29) is 12.1 Å². The van der Waals surface area contributed by atoms with E-state index >= 15 is 0 Å². The number of carbonyl (C=O) groups is 1. The highest BCUT2D eigenvalue weighted by atomic mass is 16.5. The van der Waals surface area contributed by atoms with E-state index in [2.05, 4.69) is 20.8 Å². The third-order valence-electron chi connectivity index (χ3n) is 5.65. The minimum absolute atomic E-state index is 0.0421. The molecule has 0 aliphatic heterocycles. The van der Waals surface area contributed by atoms with E-state index in [0.29, 0.717) is 11.3 Å². The van der Waals surface area contributed by atoms with Crippen LogP contribution in [0.4, 0.5) is 0 Å². The molecule has 0 aliphatic rings. The maximum atomic E-state index is 12.4. The summed E-state index contributed by atoms with van der Waals surface area (Å²) >= 11 is 0. The van der Waals surface area contributed by atoms with Crippen molar-refractivity contribution in [3.05, 3.63) is 65.2 Å². The fourth-order valence-corrected chi connectivity index (χ4v) is 3.66. The van der Waals surface area contributed by atoms with Crippen LogP contribution < -0.4 is 4.74 Å². The average Bonchev–Trinajstić information content (AvgIpc) is 2.79. The van der Waals surface area contributed by atoms with Crippen molar-refractivity contribution in [3.63, 3.8) is 0 Å². The van der Waals surface area contributed by atoms with Gasteiger partial charge in [-0.1, -0.05) is 89.5 Å². The number of rotatable bonds is 15. The van der Waals surface area contributed by atoms with Crippen LogP contribution in [0.25, 0.3) is 0 Å². The van der Waals surface area contributed by atoms with E-state index in [1.165, 1.54) is 50.5 Å². The largest absolute Gasteiger partial charge is 0.423 e. The van der Waals surface area contributed by atoms with Gasteiger partial charge in [0.15, 0.2) is 0 Å². The van der Waals surface area contributed by atoms with Crippen molar-refractivity contribution in [2.24, 2.45) is 0 Å². The van der Waals surface area contributed by atoms with Crippen LogP contribution in [0.3, 0.4) is 0 Å². The van der Waals surface area contributed by atoms with Gasteiger partial charge < -0.3 is 9.47 Å². The molecule has 0 saturated heterocycles. The van der Waals surface area contributed by atoms with E-state index in [9.17, 15) is 4.79 Å². The van der Waals surface area contributed by atoms with Gasteiger partial charge in [-0.15, -0.1) is 0 Å². The van der Waals surface area contributed by atoms with Gasteiger partial charge in [0, 0.05) is 6.61 Å². The second-order valence-corrected chi connectivity index (χ2v) is 8.39. The van der Waals surface area contributed by atoms with E-state index in [0.717, 1.165) is 31.4 Å². The molecule has 0 heterocycles. The Morgan fingerprint density at radius 1 is 0.774 bits per heavy atom. The van der Waals surface area contributed by atoms with E-state index in [4.69, 9.17) is 9.47 Å². The minimum Gasteiger partial charge on any atom is -0.423 e. The molecule has 0 saturated carbocycles. The standard InChI is InChI=1S/C28H40O3/c1-4-6-7-8-9-10-11-12-22-30-23(3)25-18-20-27(21-19-25)31-28(29)26-16-14-24(13-5-2)15-17-26/h14-21,23H,4-13,22H2,1-3H3. The maximum Gasteiger partial charge on any atom is 0.343 e. The number of hydrogen-bond acceptors (Lipinski definition) is 3. The lowest BCUT2D eigenvalue weighted by atomic mass is 10.1. The first-order chi connectivity index (χ1) is 15.1. The van der Waals surface area contributed by atoms with Gasteiger partial charge in [-0.05, 0) is 55.2 Å². The topological polar surface area (TPSA) is 35.5 Å². The van der Waals surface area contributed by atoms with Crippen molar-refractivity contribution in [3.8, 4) is 5.75 Å². The second-order valence-electron chi connectivity index (χ2n) is 8.39. The fourth-order valence-electron chi connectivity index (χ4n) is 3.66. The Morgan fingerprint density at radius 3 is 2.00 bits per heavy atom. The Balaban J connectivity index is 1.68. The summed E-state index contributed by atoms with van der Waals surface area (Å²) in [4.78, 5) is 12.4. The molecule has 1 atom stereocenters. The van der Waals surface area contributed by atoms with Gasteiger partial charge in [-0.25, -0.2) is 4.79 Å². The van der Waals surface area contributed by atoms with Crippen molar-refractivity contribution in [2.75, 3.05) is 6.61 Å². The Hall–Kier alpha value is -2.13. The molecule has 2 aromatic rings. The lowest BCUT2D eigenvalue weighted by Crippen LogP contribution is -2.08. The van der Waals surface area contributed by atoms with E-state index < -0.39 is 0 Å². The van der Waals surface area contributed by atoms with Crippen LogP contribution >= 0.6 is 0 Å². The highest BCUT2D eigenvalue weighted by molar-refractivity contribution is 5.91. The summed E-state index contributed by atoms with van der Waals surface area (Å²) in [6.45, 7) is 7.27. The van der Waals surface area contributed by atoms with Crippen molar-refractivity contribution >= 4 is 5.97 Å². The Bertz CT molecular complexity index is 734. The Labute approximate surface area is 189 Å². The second kappa shape index (κ2) is 14.8. The first-order valence-electron chi connectivity index (χ1n) is 12.2. The molecule has 0 aliphatic carbocycles. The SMILES string of the molecule is CCCCCCCCCCOC(C)c1ccc(OC(=O)c2ccc(CCC)cc2)cc1. The summed E-state index contributed by atoms with van der Waals surface area (Å²) in [6.07, 6.45) is 12.6. The summed E-state index contributed by atoms with van der Waals surface area (Å²) in [5, 5.41) is 0. The van der Waals surface area contributed by atoms with Gasteiger partial charge in [0.25, 0.3) is 0 Å². The molecule has 0 amide bonds. The zero-order chi connectivity index (χ0) is 22.3. The normalized spacial score (nSPS) is 12.0. The van der Waals surface area contributed by atoms with Crippen molar-refractivity contribution in [2.45, 2.75) is 91.1 Å². The van der Waals surface area contributed by atoms with Gasteiger partial charge in [0.05, 0.1) is 11.7 Å². The van der Waals surface area contributed by atoms with Gasteiger partial charge in [0.1, 0.15) is 5.75 Å². The molecule has 0 radical (unpaired) electrons. The number of hydrogen-bond donors (Lipinski definition) is 0. The predicted octanol–water partition coefficient (Wildman–Crippen LogP) is 8.08. The lowest BCUT2D eigenvalue weighted by Gasteiger charge is -2.14. The van der Waals surface area contributed by atoms with Crippen molar-refractivity contribution in [1.29, 1.82) is 0 Å². The fraction of sp³-hybridized carbons (Fsp3) is 0.536.